The highest BCUT2D eigenvalue weighted by atomic mass is 32.2. The van der Waals surface area contributed by atoms with Crippen LogP contribution in [0.4, 0.5) is 0 Å². The fourth-order valence-corrected chi connectivity index (χ4v) is 2.36. The second-order valence-electron chi connectivity index (χ2n) is 5.20. The molecule has 0 aromatic heterocycles. The van der Waals surface area contributed by atoms with Gasteiger partial charge in [-0.15, -0.1) is 0 Å². The lowest BCUT2D eigenvalue weighted by Crippen LogP contribution is -2.38. The van der Waals surface area contributed by atoms with E-state index >= 15 is 0 Å². The van der Waals surface area contributed by atoms with Crippen LogP contribution in [-0.2, 0) is 14.6 Å². The number of sulfone groups is 1. The largest absolute Gasteiger partial charge is 0.353 e. The summed E-state index contributed by atoms with van der Waals surface area (Å²) in [5.41, 5.74) is 2.01. The Labute approximate surface area is 120 Å². The van der Waals surface area contributed by atoms with Crippen molar-refractivity contribution in [2.75, 3.05) is 32.6 Å². The molecule has 0 aliphatic rings. The van der Waals surface area contributed by atoms with Gasteiger partial charge in [-0.2, -0.15) is 0 Å². The molecule has 6 heteroatoms. The molecule has 112 valence electrons. The van der Waals surface area contributed by atoms with E-state index in [-0.39, 0.29) is 18.2 Å². The maximum absolute atomic E-state index is 12.2. The molecule has 1 aromatic carbocycles. The summed E-state index contributed by atoms with van der Waals surface area (Å²) in [6.07, 6.45) is 1.16. The molecule has 0 saturated carbocycles. The van der Waals surface area contributed by atoms with E-state index in [0.717, 1.165) is 17.4 Å². The first-order valence-electron chi connectivity index (χ1n) is 6.39. The molecule has 0 aliphatic heterocycles. The summed E-state index contributed by atoms with van der Waals surface area (Å²) < 4.78 is 22.1. The van der Waals surface area contributed by atoms with Crippen molar-refractivity contribution >= 4 is 15.7 Å². The third kappa shape index (κ3) is 5.30. The Hall–Kier alpha value is -1.40. The van der Waals surface area contributed by atoms with E-state index < -0.39 is 15.9 Å². The number of nitrogens with one attached hydrogen (secondary N) is 1. The Bertz CT molecular complexity index is 550. The molecule has 0 spiro atoms. The number of carbonyl (C=O) groups is 1. The van der Waals surface area contributed by atoms with Gasteiger partial charge in [-0.3, -0.25) is 9.69 Å². The fourth-order valence-electron chi connectivity index (χ4n) is 1.89. The van der Waals surface area contributed by atoms with Crippen LogP contribution < -0.4 is 5.32 Å². The van der Waals surface area contributed by atoms with Crippen molar-refractivity contribution < 1.29 is 13.2 Å². The standard InChI is InChI=1S/C14H22N2O3S/c1-11-5-7-12(8-6-11)13(16(2)3)14(17)15-9-10-20(4,18)19/h5-8,13H,9-10H2,1-4H3,(H,15,17)/t13-/m0/s1. The molecule has 0 saturated heterocycles. The quantitative estimate of drug-likeness (QED) is 0.842. The molecule has 1 aromatic rings. The molecule has 0 unspecified atom stereocenters. The van der Waals surface area contributed by atoms with Gasteiger partial charge in [0.05, 0.1) is 5.75 Å². The average Bonchev–Trinajstić information content (AvgIpc) is 2.30. The van der Waals surface area contributed by atoms with E-state index in [9.17, 15) is 13.2 Å². The van der Waals surface area contributed by atoms with Crippen LogP contribution in [0.15, 0.2) is 24.3 Å². The van der Waals surface area contributed by atoms with Gasteiger partial charge in [0.25, 0.3) is 0 Å². The predicted octanol–water partition coefficient (Wildman–Crippen LogP) is 0.759. The van der Waals surface area contributed by atoms with Crippen LogP contribution in [0.5, 0.6) is 0 Å². The smallest absolute Gasteiger partial charge is 0.241 e. The lowest BCUT2D eigenvalue weighted by atomic mass is 10.0. The molecule has 1 N–H and O–H groups in total. The van der Waals surface area contributed by atoms with Crippen LogP contribution in [0, 0.1) is 6.92 Å². The highest BCUT2D eigenvalue weighted by Crippen LogP contribution is 2.18. The first-order valence-corrected chi connectivity index (χ1v) is 8.45. The fraction of sp³-hybridized carbons (Fsp3) is 0.500. The molecule has 20 heavy (non-hydrogen) atoms. The van der Waals surface area contributed by atoms with E-state index in [1.54, 1.807) is 4.90 Å². The first-order chi connectivity index (χ1) is 9.20. The monoisotopic (exact) mass is 298 g/mol. The summed E-state index contributed by atoms with van der Waals surface area (Å²) in [4.78, 5) is 14.0. The SMILES string of the molecule is Cc1ccc([C@@H](C(=O)NCCS(C)(=O)=O)N(C)C)cc1. The van der Waals surface area contributed by atoms with Crippen molar-refractivity contribution in [3.8, 4) is 0 Å². The first kappa shape index (κ1) is 16.7. The van der Waals surface area contributed by atoms with Crippen LogP contribution in [0.3, 0.4) is 0 Å². The van der Waals surface area contributed by atoms with Gasteiger partial charge in [-0.1, -0.05) is 29.8 Å². The van der Waals surface area contributed by atoms with Crippen molar-refractivity contribution in [1.82, 2.24) is 10.2 Å². The number of aryl methyl sites for hydroxylation is 1. The van der Waals surface area contributed by atoms with Crippen molar-refractivity contribution in [3.05, 3.63) is 35.4 Å². The molecule has 1 atom stereocenters. The zero-order chi connectivity index (χ0) is 15.3. The van der Waals surface area contributed by atoms with Crippen LogP contribution in [0.2, 0.25) is 0 Å². The van der Waals surface area contributed by atoms with Crippen molar-refractivity contribution in [2.45, 2.75) is 13.0 Å². The Morgan fingerprint density at radius 3 is 2.25 bits per heavy atom. The topological polar surface area (TPSA) is 66.5 Å². The van der Waals surface area contributed by atoms with Crippen LogP contribution in [0.25, 0.3) is 0 Å². The molecule has 1 amide bonds. The maximum Gasteiger partial charge on any atom is 0.241 e. The van der Waals surface area contributed by atoms with E-state index in [0.29, 0.717) is 0 Å². The van der Waals surface area contributed by atoms with Gasteiger partial charge < -0.3 is 5.32 Å². The zero-order valence-corrected chi connectivity index (χ0v) is 13.2. The second kappa shape index (κ2) is 6.85. The number of carbonyl (C=O) groups excluding carboxylic acids is 1. The van der Waals surface area contributed by atoms with Gasteiger partial charge in [0, 0.05) is 12.8 Å². The molecular weight excluding hydrogens is 276 g/mol. The Morgan fingerprint density at radius 1 is 1.25 bits per heavy atom. The van der Waals surface area contributed by atoms with E-state index in [4.69, 9.17) is 0 Å². The van der Waals surface area contributed by atoms with Gasteiger partial charge in [0.2, 0.25) is 5.91 Å². The van der Waals surface area contributed by atoms with Gasteiger partial charge >= 0.3 is 0 Å². The predicted molar refractivity (Wildman–Crippen MR) is 80.3 cm³/mol. The number of benzene rings is 1. The number of hydrogen-bond acceptors (Lipinski definition) is 4. The van der Waals surface area contributed by atoms with Gasteiger partial charge in [0.1, 0.15) is 15.9 Å². The van der Waals surface area contributed by atoms with E-state index in [1.807, 2.05) is 45.3 Å². The molecule has 5 nitrogen and oxygen atoms in total. The minimum absolute atomic E-state index is 0.0488. The highest BCUT2D eigenvalue weighted by molar-refractivity contribution is 7.90. The summed E-state index contributed by atoms with van der Waals surface area (Å²) >= 11 is 0. The number of amides is 1. The van der Waals surface area contributed by atoms with Crippen LogP contribution in [0.1, 0.15) is 17.2 Å². The van der Waals surface area contributed by atoms with Crippen LogP contribution in [-0.4, -0.2) is 51.9 Å². The summed E-state index contributed by atoms with van der Waals surface area (Å²) in [7, 11) is 0.576. The van der Waals surface area contributed by atoms with Gasteiger partial charge in [0.15, 0.2) is 0 Å². The summed E-state index contributed by atoms with van der Waals surface area (Å²) in [6, 6.07) is 7.31. The third-order valence-electron chi connectivity index (χ3n) is 2.93. The summed E-state index contributed by atoms with van der Waals surface area (Å²) in [5, 5.41) is 2.67. The number of rotatable bonds is 6. The number of nitrogens with zero attached hydrogens (tertiary/aromatic N) is 1. The Morgan fingerprint density at radius 2 is 1.80 bits per heavy atom. The third-order valence-corrected chi connectivity index (χ3v) is 3.88. The van der Waals surface area contributed by atoms with E-state index in [2.05, 4.69) is 5.32 Å². The molecule has 0 fully saturated rings. The number of hydrogen-bond donors (Lipinski definition) is 1. The average molecular weight is 298 g/mol. The van der Waals surface area contributed by atoms with Crippen LogP contribution >= 0.6 is 0 Å². The minimum atomic E-state index is -3.06. The number of likely N-dealkylation sites (N-methyl/N-ethyl adjacent to an activating group) is 1. The van der Waals surface area contributed by atoms with E-state index in [1.165, 1.54) is 0 Å². The lowest BCUT2D eigenvalue weighted by molar-refractivity contribution is -0.125. The maximum atomic E-state index is 12.2. The highest BCUT2D eigenvalue weighted by Gasteiger charge is 2.22. The second-order valence-corrected chi connectivity index (χ2v) is 7.46. The Kier molecular flexibility index (Phi) is 5.71. The van der Waals surface area contributed by atoms with Gasteiger partial charge in [-0.25, -0.2) is 8.42 Å². The lowest BCUT2D eigenvalue weighted by Gasteiger charge is -2.24. The normalized spacial score (nSPS) is 13.2. The summed E-state index contributed by atoms with van der Waals surface area (Å²) in [6.45, 7) is 2.12. The summed E-state index contributed by atoms with van der Waals surface area (Å²) in [5.74, 6) is -0.241. The minimum Gasteiger partial charge on any atom is -0.353 e. The molecular formula is C14H22N2O3S. The van der Waals surface area contributed by atoms with Gasteiger partial charge in [-0.05, 0) is 26.6 Å². The molecule has 0 heterocycles. The molecule has 0 bridgehead atoms. The van der Waals surface area contributed by atoms with Crippen molar-refractivity contribution in [2.24, 2.45) is 0 Å². The Balaban J connectivity index is 2.76. The molecule has 0 aliphatic carbocycles. The molecule has 1 rings (SSSR count). The van der Waals surface area contributed by atoms with Crippen molar-refractivity contribution in [1.29, 1.82) is 0 Å². The molecule has 0 radical (unpaired) electrons. The van der Waals surface area contributed by atoms with Crippen molar-refractivity contribution in [3.63, 3.8) is 0 Å². The zero-order valence-electron chi connectivity index (χ0n) is 12.4.